The summed E-state index contributed by atoms with van der Waals surface area (Å²) in [5, 5.41) is 16.3. The van der Waals surface area contributed by atoms with E-state index in [2.05, 4.69) is 15.8 Å². The predicted octanol–water partition coefficient (Wildman–Crippen LogP) is 3.11. The zero-order chi connectivity index (χ0) is 17.1. The average Bonchev–Trinajstić information content (AvgIpc) is 2.59. The van der Waals surface area contributed by atoms with E-state index in [4.69, 9.17) is 0 Å². The predicted molar refractivity (Wildman–Crippen MR) is 92.6 cm³/mol. The molecule has 6 nitrogen and oxygen atoms in total. The van der Waals surface area contributed by atoms with Crippen LogP contribution in [0.1, 0.15) is 34.8 Å². The molecule has 1 heterocycles. The van der Waals surface area contributed by atoms with E-state index in [0.29, 0.717) is 18.5 Å². The second kappa shape index (κ2) is 6.54. The molecule has 2 aromatic rings. The number of nitrogens with one attached hydrogen (secondary N) is 2. The van der Waals surface area contributed by atoms with Gasteiger partial charge >= 0.3 is 5.97 Å². The molecular weight excluding hydrogens is 306 g/mol. The molecule has 0 atom stereocenters. The summed E-state index contributed by atoms with van der Waals surface area (Å²) in [5.74, 6) is -0.969. The number of carboxylic acids is 1. The Labute approximate surface area is 139 Å². The number of carbonyl (C=O) groups is 2. The molecule has 2 aromatic carbocycles. The second-order valence-corrected chi connectivity index (χ2v) is 5.58. The first-order valence-electron chi connectivity index (χ1n) is 7.60. The van der Waals surface area contributed by atoms with Gasteiger partial charge in [-0.25, -0.2) is 4.79 Å². The van der Waals surface area contributed by atoms with Crippen molar-refractivity contribution in [2.24, 2.45) is 5.10 Å². The fraction of sp³-hybridized carbons (Fsp3) is 0.167. The van der Waals surface area contributed by atoms with E-state index in [1.807, 2.05) is 25.1 Å². The number of para-hydroxylation sites is 1. The molecule has 0 aromatic heterocycles. The lowest BCUT2D eigenvalue weighted by molar-refractivity contribution is -0.116. The van der Waals surface area contributed by atoms with E-state index in [0.717, 1.165) is 22.5 Å². The Morgan fingerprint density at radius 3 is 2.79 bits per heavy atom. The minimum absolute atomic E-state index is 0.0348. The molecule has 1 aliphatic rings. The number of fused-ring (bicyclic) bond motifs is 1. The third-order valence-electron chi connectivity index (χ3n) is 3.92. The number of aromatic carboxylic acids is 1. The quantitative estimate of drug-likeness (QED) is 0.595. The first-order valence-corrected chi connectivity index (χ1v) is 7.60. The summed E-state index contributed by atoms with van der Waals surface area (Å²) < 4.78 is 0. The molecule has 0 unspecified atom stereocenters. The van der Waals surface area contributed by atoms with Gasteiger partial charge in [-0.15, -0.1) is 0 Å². The number of anilines is 2. The van der Waals surface area contributed by atoms with Crippen LogP contribution in [0.4, 0.5) is 11.4 Å². The third-order valence-corrected chi connectivity index (χ3v) is 3.92. The number of hydrogen-bond donors (Lipinski definition) is 3. The molecule has 0 saturated carbocycles. The Morgan fingerprint density at radius 1 is 1.21 bits per heavy atom. The molecule has 0 spiro atoms. The van der Waals surface area contributed by atoms with Crippen LogP contribution in [0.15, 0.2) is 47.6 Å². The van der Waals surface area contributed by atoms with Gasteiger partial charge in [-0.3, -0.25) is 10.2 Å². The van der Waals surface area contributed by atoms with Gasteiger partial charge in [-0.1, -0.05) is 18.2 Å². The Kier molecular flexibility index (Phi) is 4.29. The monoisotopic (exact) mass is 323 g/mol. The standard InChI is InChI=1S/C18H17N3O3/c1-11(20-21-16-5-3-2-4-14(16)18(23)24)12-6-8-15-13(10-12)7-9-17(22)19-15/h2-6,8,10,21H,7,9H2,1H3,(H,19,22)(H,23,24)/b20-11+. The highest BCUT2D eigenvalue weighted by atomic mass is 16.4. The minimum atomic E-state index is -1.00. The van der Waals surface area contributed by atoms with Crippen molar-refractivity contribution in [2.45, 2.75) is 19.8 Å². The van der Waals surface area contributed by atoms with Gasteiger partial charge in [0.25, 0.3) is 0 Å². The van der Waals surface area contributed by atoms with Crippen molar-refractivity contribution in [2.75, 3.05) is 10.7 Å². The Balaban J connectivity index is 1.82. The summed E-state index contributed by atoms with van der Waals surface area (Å²) in [5.41, 5.74) is 6.99. The van der Waals surface area contributed by atoms with Gasteiger partial charge in [0.15, 0.2) is 0 Å². The van der Waals surface area contributed by atoms with Gasteiger partial charge in [0, 0.05) is 12.1 Å². The summed E-state index contributed by atoms with van der Waals surface area (Å²) in [6, 6.07) is 12.4. The number of nitrogens with zero attached hydrogens (tertiary/aromatic N) is 1. The lowest BCUT2D eigenvalue weighted by Crippen LogP contribution is -2.19. The molecule has 0 fully saturated rings. The molecule has 0 bridgehead atoms. The zero-order valence-corrected chi connectivity index (χ0v) is 13.2. The summed E-state index contributed by atoms with van der Waals surface area (Å²) in [6.07, 6.45) is 1.19. The molecule has 122 valence electrons. The lowest BCUT2D eigenvalue weighted by Gasteiger charge is -2.17. The first kappa shape index (κ1) is 15.7. The van der Waals surface area contributed by atoms with Gasteiger partial charge in [0.05, 0.1) is 17.0 Å². The van der Waals surface area contributed by atoms with Gasteiger partial charge in [-0.05, 0) is 48.7 Å². The SMILES string of the molecule is C/C(=N\Nc1ccccc1C(=O)O)c1ccc2c(c1)CCC(=O)N2. The van der Waals surface area contributed by atoms with Crippen molar-refractivity contribution in [1.29, 1.82) is 0 Å². The molecule has 24 heavy (non-hydrogen) atoms. The number of amides is 1. The van der Waals surface area contributed by atoms with Crippen molar-refractivity contribution in [1.82, 2.24) is 0 Å². The van der Waals surface area contributed by atoms with E-state index in [-0.39, 0.29) is 11.5 Å². The summed E-state index contributed by atoms with van der Waals surface area (Å²) in [7, 11) is 0. The maximum Gasteiger partial charge on any atom is 0.337 e. The zero-order valence-electron chi connectivity index (χ0n) is 13.2. The summed E-state index contributed by atoms with van der Waals surface area (Å²) >= 11 is 0. The van der Waals surface area contributed by atoms with E-state index < -0.39 is 5.97 Å². The molecule has 3 N–H and O–H groups in total. The topological polar surface area (TPSA) is 90.8 Å². The normalized spacial score (nSPS) is 13.9. The van der Waals surface area contributed by atoms with Gasteiger partial charge < -0.3 is 10.4 Å². The van der Waals surface area contributed by atoms with Crippen LogP contribution in [-0.4, -0.2) is 22.7 Å². The van der Waals surface area contributed by atoms with E-state index in [9.17, 15) is 14.7 Å². The Morgan fingerprint density at radius 2 is 2.00 bits per heavy atom. The summed E-state index contributed by atoms with van der Waals surface area (Å²) in [6.45, 7) is 1.85. The molecule has 0 radical (unpaired) electrons. The van der Waals surface area contributed by atoms with Crippen LogP contribution in [-0.2, 0) is 11.2 Å². The molecular formula is C18H17N3O3. The number of aryl methyl sites for hydroxylation is 1. The average molecular weight is 323 g/mol. The number of hydrogen-bond acceptors (Lipinski definition) is 4. The Bertz CT molecular complexity index is 843. The molecule has 6 heteroatoms. The smallest absolute Gasteiger partial charge is 0.337 e. The molecule has 0 saturated heterocycles. The molecule has 1 amide bonds. The van der Waals surface area contributed by atoms with E-state index >= 15 is 0 Å². The van der Waals surface area contributed by atoms with Crippen LogP contribution in [0.3, 0.4) is 0 Å². The maximum absolute atomic E-state index is 11.4. The van der Waals surface area contributed by atoms with Gasteiger partial charge in [0.1, 0.15) is 0 Å². The number of rotatable bonds is 4. The second-order valence-electron chi connectivity index (χ2n) is 5.58. The van der Waals surface area contributed by atoms with Crippen molar-refractivity contribution >= 4 is 29.0 Å². The van der Waals surface area contributed by atoms with Crippen LogP contribution >= 0.6 is 0 Å². The van der Waals surface area contributed by atoms with Crippen LogP contribution < -0.4 is 10.7 Å². The molecule has 3 rings (SSSR count). The highest BCUT2D eigenvalue weighted by molar-refractivity contribution is 6.01. The minimum Gasteiger partial charge on any atom is -0.478 e. The van der Waals surface area contributed by atoms with Crippen molar-refractivity contribution < 1.29 is 14.7 Å². The van der Waals surface area contributed by atoms with E-state index in [1.54, 1.807) is 18.2 Å². The van der Waals surface area contributed by atoms with Crippen LogP contribution in [0.5, 0.6) is 0 Å². The first-order chi connectivity index (χ1) is 11.5. The third kappa shape index (κ3) is 3.27. The number of carbonyl (C=O) groups excluding carboxylic acids is 1. The van der Waals surface area contributed by atoms with Crippen molar-refractivity contribution in [3.05, 3.63) is 59.2 Å². The number of hydrazone groups is 1. The van der Waals surface area contributed by atoms with Crippen LogP contribution in [0.25, 0.3) is 0 Å². The van der Waals surface area contributed by atoms with Crippen molar-refractivity contribution in [3.63, 3.8) is 0 Å². The van der Waals surface area contributed by atoms with Gasteiger partial charge in [-0.2, -0.15) is 5.10 Å². The highest BCUT2D eigenvalue weighted by Gasteiger charge is 2.15. The fourth-order valence-corrected chi connectivity index (χ4v) is 2.58. The number of benzene rings is 2. The van der Waals surface area contributed by atoms with Gasteiger partial charge in [0.2, 0.25) is 5.91 Å². The summed E-state index contributed by atoms with van der Waals surface area (Å²) in [4.78, 5) is 22.6. The molecule has 0 aliphatic carbocycles. The fourth-order valence-electron chi connectivity index (χ4n) is 2.58. The lowest BCUT2D eigenvalue weighted by atomic mass is 9.99. The molecule has 1 aliphatic heterocycles. The largest absolute Gasteiger partial charge is 0.478 e. The Hall–Kier alpha value is -3.15. The number of carboxylic acid groups (broad SMARTS) is 1. The maximum atomic E-state index is 11.4. The van der Waals surface area contributed by atoms with E-state index in [1.165, 1.54) is 6.07 Å². The van der Waals surface area contributed by atoms with Crippen molar-refractivity contribution in [3.8, 4) is 0 Å². The highest BCUT2D eigenvalue weighted by Crippen LogP contribution is 2.24. The van der Waals surface area contributed by atoms with Crippen LogP contribution in [0.2, 0.25) is 0 Å². The van der Waals surface area contributed by atoms with Crippen LogP contribution in [0, 0.1) is 0 Å².